The lowest BCUT2D eigenvalue weighted by atomic mass is 10.0. The molecule has 0 radical (unpaired) electrons. The van der Waals surface area contributed by atoms with E-state index in [0.29, 0.717) is 6.42 Å². The lowest BCUT2D eigenvalue weighted by Gasteiger charge is -2.13. The molecule has 0 aliphatic heterocycles. The molecule has 3 heteroatoms. The molecule has 1 aromatic rings. The highest BCUT2D eigenvalue weighted by molar-refractivity contribution is 5.22. The molecule has 0 spiro atoms. The number of halogens is 2. The van der Waals surface area contributed by atoms with Crippen LogP contribution in [0.2, 0.25) is 0 Å². The highest BCUT2D eigenvalue weighted by atomic mass is 19.1. The van der Waals surface area contributed by atoms with E-state index in [-0.39, 0.29) is 5.56 Å². The van der Waals surface area contributed by atoms with Crippen LogP contribution in [-0.4, -0.2) is 0 Å². The van der Waals surface area contributed by atoms with E-state index in [1.54, 1.807) is 0 Å². The van der Waals surface area contributed by atoms with Gasteiger partial charge in [0.2, 0.25) is 0 Å². The van der Waals surface area contributed by atoms with E-state index in [1.165, 1.54) is 31.0 Å². The van der Waals surface area contributed by atoms with Crippen molar-refractivity contribution in [3.8, 4) is 0 Å². The molecule has 0 heterocycles. The molecule has 82 valence electrons. The van der Waals surface area contributed by atoms with Gasteiger partial charge in [0.15, 0.2) is 0 Å². The maximum Gasteiger partial charge on any atom is 0.130 e. The minimum atomic E-state index is -0.529. The van der Waals surface area contributed by atoms with Crippen LogP contribution in [-0.2, 0) is 0 Å². The Morgan fingerprint density at radius 1 is 1.27 bits per heavy atom. The zero-order chi connectivity index (χ0) is 10.8. The minimum absolute atomic E-state index is 0.0400. The Morgan fingerprint density at radius 3 is 2.40 bits per heavy atom. The number of hydrogen-bond acceptors (Lipinski definition) is 1. The summed E-state index contributed by atoms with van der Waals surface area (Å²) in [5.74, 6) is -0.317. The van der Waals surface area contributed by atoms with Gasteiger partial charge in [0.05, 0.1) is 0 Å². The van der Waals surface area contributed by atoms with Crippen LogP contribution in [0.25, 0.3) is 0 Å². The van der Waals surface area contributed by atoms with E-state index >= 15 is 0 Å². The topological polar surface area (TPSA) is 26.0 Å². The van der Waals surface area contributed by atoms with Crippen molar-refractivity contribution < 1.29 is 8.78 Å². The summed E-state index contributed by atoms with van der Waals surface area (Å²) in [5.41, 5.74) is 5.83. The Bertz CT molecular complexity index is 327. The van der Waals surface area contributed by atoms with Crippen LogP contribution < -0.4 is 5.73 Å². The molecule has 1 nitrogen and oxygen atoms in total. The predicted molar refractivity (Wildman–Crippen MR) is 55.2 cm³/mol. The lowest BCUT2D eigenvalue weighted by Crippen LogP contribution is -2.14. The smallest absolute Gasteiger partial charge is 0.130 e. The van der Waals surface area contributed by atoms with Gasteiger partial charge in [0.25, 0.3) is 0 Å². The van der Waals surface area contributed by atoms with Gasteiger partial charge in [0, 0.05) is 11.6 Å². The van der Waals surface area contributed by atoms with Crippen LogP contribution in [0.5, 0.6) is 0 Å². The van der Waals surface area contributed by atoms with E-state index in [1.807, 2.05) is 0 Å². The van der Waals surface area contributed by atoms with Crippen LogP contribution in [0.3, 0.4) is 0 Å². The Morgan fingerprint density at radius 2 is 1.87 bits per heavy atom. The maximum atomic E-state index is 13.3. The summed E-state index contributed by atoms with van der Waals surface area (Å²) in [6.07, 6.45) is 4.14. The number of benzene rings is 1. The van der Waals surface area contributed by atoms with Gasteiger partial charge in [-0.1, -0.05) is 18.9 Å². The van der Waals surface area contributed by atoms with Gasteiger partial charge in [-0.15, -0.1) is 0 Å². The molecule has 0 saturated heterocycles. The zero-order valence-corrected chi connectivity index (χ0v) is 8.55. The second-order valence-corrected chi connectivity index (χ2v) is 4.26. The molecule has 0 aromatic heterocycles. The maximum absolute atomic E-state index is 13.3. The molecular formula is C12H15F2N. The summed E-state index contributed by atoms with van der Waals surface area (Å²) in [6.45, 7) is 0. The Balaban J connectivity index is 2.05. The van der Waals surface area contributed by atoms with Crippen LogP contribution >= 0.6 is 0 Å². The minimum Gasteiger partial charge on any atom is -0.324 e. The first kappa shape index (κ1) is 10.6. The standard InChI is InChI=1S/C12H15F2N/c13-9-2-1-3-10(14)12(9)11(15)7-6-8-4-5-8/h1-3,8,11H,4-7,15H2. The van der Waals surface area contributed by atoms with Gasteiger partial charge in [-0.2, -0.15) is 0 Å². The van der Waals surface area contributed by atoms with Crippen molar-refractivity contribution in [2.24, 2.45) is 11.7 Å². The number of nitrogens with two attached hydrogens (primary N) is 1. The number of hydrogen-bond donors (Lipinski definition) is 1. The molecular weight excluding hydrogens is 196 g/mol. The van der Waals surface area contributed by atoms with Crippen LogP contribution in [0.1, 0.15) is 37.3 Å². The highest BCUT2D eigenvalue weighted by Crippen LogP contribution is 2.35. The molecule has 1 unspecified atom stereocenters. The highest BCUT2D eigenvalue weighted by Gasteiger charge is 2.23. The van der Waals surface area contributed by atoms with Crippen molar-refractivity contribution in [2.45, 2.75) is 31.7 Å². The molecule has 2 N–H and O–H groups in total. The van der Waals surface area contributed by atoms with Crippen molar-refractivity contribution in [1.29, 1.82) is 0 Å². The Labute approximate surface area is 88.3 Å². The van der Waals surface area contributed by atoms with Gasteiger partial charge >= 0.3 is 0 Å². The fraction of sp³-hybridized carbons (Fsp3) is 0.500. The van der Waals surface area contributed by atoms with Crippen molar-refractivity contribution in [3.63, 3.8) is 0 Å². The van der Waals surface area contributed by atoms with Crippen molar-refractivity contribution in [1.82, 2.24) is 0 Å². The largest absolute Gasteiger partial charge is 0.324 e. The average Bonchev–Trinajstić information content (AvgIpc) is 2.97. The second kappa shape index (κ2) is 4.27. The monoisotopic (exact) mass is 211 g/mol. The molecule has 1 atom stereocenters. The third kappa shape index (κ3) is 2.53. The van der Waals surface area contributed by atoms with E-state index in [4.69, 9.17) is 5.73 Å². The van der Waals surface area contributed by atoms with E-state index in [0.717, 1.165) is 12.3 Å². The van der Waals surface area contributed by atoms with Crippen LogP contribution in [0.15, 0.2) is 18.2 Å². The summed E-state index contributed by atoms with van der Waals surface area (Å²) in [5, 5.41) is 0. The molecule has 0 bridgehead atoms. The molecule has 1 aromatic carbocycles. The third-order valence-corrected chi connectivity index (χ3v) is 2.95. The van der Waals surface area contributed by atoms with Gasteiger partial charge in [-0.05, 0) is 30.9 Å². The molecule has 0 amide bonds. The summed E-state index contributed by atoms with van der Waals surface area (Å²) in [4.78, 5) is 0. The fourth-order valence-corrected chi connectivity index (χ4v) is 1.83. The first-order valence-corrected chi connectivity index (χ1v) is 5.38. The van der Waals surface area contributed by atoms with Gasteiger partial charge < -0.3 is 5.73 Å². The predicted octanol–water partition coefficient (Wildman–Crippen LogP) is 3.15. The third-order valence-electron chi connectivity index (χ3n) is 2.95. The quantitative estimate of drug-likeness (QED) is 0.813. The van der Waals surface area contributed by atoms with Gasteiger partial charge in [-0.3, -0.25) is 0 Å². The molecule has 2 rings (SSSR count). The van der Waals surface area contributed by atoms with Gasteiger partial charge in [0.1, 0.15) is 11.6 Å². The summed E-state index contributed by atoms with van der Waals surface area (Å²) in [7, 11) is 0. The average molecular weight is 211 g/mol. The normalized spacial score (nSPS) is 17.8. The molecule has 1 saturated carbocycles. The van der Waals surface area contributed by atoms with E-state index in [2.05, 4.69) is 0 Å². The van der Waals surface area contributed by atoms with Crippen molar-refractivity contribution >= 4 is 0 Å². The lowest BCUT2D eigenvalue weighted by molar-refractivity contribution is 0.495. The van der Waals surface area contributed by atoms with Gasteiger partial charge in [-0.25, -0.2) is 8.78 Å². The summed E-state index contributed by atoms with van der Waals surface area (Å²) in [6, 6.07) is 3.37. The van der Waals surface area contributed by atoms with Crippen molar-refractivity contribution in [2.75, 3.05) is 0 Å². The molecule has 1 fully saturated rings. The first-order valence-electron chi connectivity index (χ1n) is 5.38. The molecule has 1 aliphatic rings. The Kier molecular flexibility index (Phi) is 3.00. The second-order valence-electron chi connectivity index (χ2n) is 4.26. The number of rotatable bonds is 4. The van der Waals surface area contributed by atoms with Crippen LogP contribution in [0.4, 0.5) is 8.78 Å². The van der Waals surface area contributed by atoms with Crippen molar-refractivity contribution in [3.05, 3.63) is 35.4 Å². The zero-order valence-electron chi connectivity index (χ0n) is 8.55. The van der Waals surface area contributed by atoms with E-state index in [9.17, 15) is 8.78 Å². The summed E-state index contributed by atoms with van der Waals surface area (Å²) >= 11 is 0. The molecule has 1 aliphatic carbocycles. The SMILES string of the molecule is NC(CCC1CC1)c1c(F)cccc1F. The first-order chi connectivity index (χ1) is 7.18. The van der Waals surface area contributed by atoms with E-state index < -0.39 is 17.7 Å². The molecule has 15 heavy (non-hydrogen) atoms. The van der Waals surface area contributed by atoms with Crippen LogP contribution in [0, 0.1) is 17.6 Å². The fourth-order valence-electron chi connectivity index (χ4n) is 1.83. The Hall–Kier alpha value is -0.960. The summed E-state index contributed by atoms with van der Waals surface area (Å²) < 4.78 is 26.6.